The molecule has 0 atom stereocenters. The van der Waals surface area contributed by atoms with Gasteiger partial charge in [-0.15, -0.1) is 10.2 Å². The Morgan fingerprint density at radius 2 is 1.90 bits per heavy atom. The Balaban J connectivity index is 1.35. The van der Waals surface area contributed by atoms with Crippen LogP contribution in [0.2, 0.25) is 5.02 Å². The van der Waals surface area contributed by atoms with E-state index in [2.05, 4.69) is 20.1 Å². The minimum atomic E-state index is 0.673. The van der Waals surface area contributed by atoms with Gasteiger partial charge >= 0.3 is 0 Å². The van der Waals surface area contributed by atoms with Crippen LogP contribution in [0, 0.1) is 0 Å². The predicted molar refractivity (Wildman–Crippen MR) is 119 cm³/mol. The number of nitrogens with zero attached hydrogens (tertiary/aromatic N) is 5. The average molecular weight is 440 g/mol. The van der Waals surface area contributed by atoms with Gasteiger partial charge in [0.15, 0.2) is 5.16 Å². The van der Waals surface area contributed by atoms with Crippen molar-refractivity contribution in [2.24, 2.45) is 7.05 Å². The molecule has 30 heavy (non-hydrogen) atoms. The van der Waals surface area contributed by atoms with E-state index in [-0.39, 0.29) is 0 Å². The molecule has 4 aromatic rings. The fourth-order valence-electron chi connectivity index (χ4n) is 3.06. The first-order valence-corrected chi connectivity index (χ1v) is 10.9. The maximum Gasteiger partial charge on any atom is 0.191 e. The largest absolute Gasteiger partial charge is 0.460 e. The molecule has 0 bridgehead atoms. The van der Waals surface area contributed by atoms with E-state index in [1.54, 1.807) is 24.2 Å². The molecule has 0 fully saturated rings. The summed E-state index contributed by atoms with van der Waals surface area (Å²) >= 11 is 7.75. The fraction of sp³-hybridized carbons (Fsp3) is 0.227. The molecule has 0 saturated carbocycles. The fourth-order valence-corrected chi connectivity index (χ4v) is 4.13. The summed E-state index contributed by atoms with van der Waals surface area (Å²) in [4.78, 5) is 6.20. The Hall–Kier alpha value is -2.61. The molecular formula is C22H22ClN5OS. The molecule has 6 nitrogen and oxygen atoms in total. The van der Waals surface area contributed by atoms with E-state index in [1.165, 1.54) is 5.56 Å². The van der Waals surface area contributed by atoms with Crippen molar-refractivity contribution in [2.45, 2.75) is 24.0 Å². The molecule has 0 amide bonds. The molecule has 1 aromatic carbocycles. The number of pyridine rings is 1. The van der Waals surface area contributed by atoms with Crippen LogP contribution in [0.5, 0.6) is 0 Å². The summed E-state index contributed by atoms with van der Waals surface area (Å²) in [5.74, 6) is 3.45. The lowest BCUT2D eigenvalue weighted by molar-refractivity contribution is 0.279. The zero-order chi connectivity index (χ0) is 20.9. The molecule has 4 rings (SSSR count). The Labute approximate surface area is 184 Å². The second-order valence-electron chi connectivity index (χ2n) is 7.05. The Kier molecular flexibility index (Phi) is 6.52. The van der Waals surface area contributed by atoms with Gasteiger partial charge in [-0.25, -0.2) is 0 Å². The van der Waals surface area contributed by atoms with Crippen LogP contribution < -0.4 is 0 Å². The highest BCUT2D eigenvalue weighted by molar-refractivity contribution is 7.98. The quantitative estimate of drug-likeness (QED) is 0.358. The first-order chi connectivity index (χ1) is 14.6. The maximum absolute atomic E-state index is 6.08. The van der Waals surface area contributed by atoms with E-state index < -0.39 is 0 Å². The van der Waals surface area contributed by atoms with Crippen LogP contribution in [0.1, 0.15) is 17.1 Å². The van der Waals surface area contributed by atoms with Crippen molar-refractivity contribution in [3.05, 3.63) is 83.1 Å². The van der Waals surface area contributed by atoms with Gasteiger partial charge in [0.05, 0.1) is 13.1 Å². The van der Waals surface area contributed by atoms with Crippen LogP contribution in [-0.2, 0) is 25.9 Å². The number of furan rings is 1. The molecule has 0 spiro atoms. The van der Waals surface area contributed by atoms with E-state index in [9.17, 15) is 0 Å². The van der Waals surface area contributed by atoms with Gasteiger partial charge in [0.25, 0.3) is 0 Å². The summed E-state index contributed by atoms with van der Waals surface area (Å²) in [6.45, 7) is 1.35. The van der Waals surface area contributed by atoms with E-state index >= 15 is 0 Å². The lowest BCUT2D eigenvalue weighted by Gasteiger charge is -2.14. The van der Waals surface area contributed by atoms with Gasteiger partial charge in [-0.1, -0.05) is 35.5 Å². The van der Waals surface area contributed by atoms with Crippen molar-refractivity contribution >= 4 is 23.4 Å². The number of hydrogen-bond acceptors (Lipinski definition) is 6. The third-order valence-corrected chi connectivity index (χ3v) is 5.98. The van der Waals surface area contributed by atoms with Gasteiger partial charge in [-0.3, -0.25) is 9.88 Å². The van der Waals surface area contributed by atoms with E-state index in [4.69, 9.17) is 16.0 Å². The third-order valence-electron chi connectivity index (χ3n) is 4.65. The van der Waals surface area contributed by atoms with Gasteiger partial charge in [0, 0.05) is 35.8 Å². The molecule has 0 N–H and O–H groups in total. The van der Waals surface area contributed by atoms with Crippen molar-refractivity contribution in [3.8, 4) is 11.3 Å². The molecule has 0 radical (unpaired) electrons. The SMILES string of the molecule is CN(Cc1ccc(-c2cccc(Cl)c2)o1)Cc1nnc(SCc2ccncc2)n1C. The van der Waals surface area contributed by atoms with Crippen molar-refractivity contribution in [1.29, 1.82) is 0 Å². The van der Waals surface area contributed by atoms with Gasteiger partial charge in [-0.2, -0.15) is 0 Å². The lowest BCUT2D eigenvalue weighted by atomic mass is 10.2. The molecule has 0 aliphatic heterocycles. The Morgan fingerprint density at radius 3 is 2.70 bits per heavy atom. The Bertz CT molecular complexity index is 1110. The monoisotopic (exact) mass is 439 g/mol. The zero-order valence-electron chi connectivity index (χ0n) is 16.8. The number of thioether (sulfide) groups is 1. The van der Waals surface area contributed by atoms with Gasteiger partial charge in [-0.05, 0) is 49.0 Å². The highest BCUT2D eigenvalue weighted by Gasteiger charge is 2.13. The van der Waals surface area contributed by atoms with Gasteiger partial charge in [0.1, 0.15) is 17.3 Å². The van der Waals surface area contributed by atoms with Crippen molar-refractivity contribution in [1.82, 2.24) is 24.6 Å². The smallest absolute Gasteiger partial charge is 0.191 e. The van der Waals surface area contributed by atoms with Gasteiger partial charge in [0.2, 0.25) is 0 Å². The molecule has 0 aliphatic rings. The first kappa shape index (κ1) is 20.7. The summed E-state index contributed by atoms with van der Waals surface area (Å²) in [5.41, 5.74) is 2.19. The van der Waals surface area contributed by atoms with E-state index in [0.29, 0.717) is 18.1 Å². The number of hydrogen-bond donors (Lipinski definition) is 0. The number of rotatable bonds is 8. The van der Waals surface area contributed by atoms with Crippen LogP contribution in [0.15, 0.2) is 70.5 Å². The summed E-state index contributed by atoms with van der Waals surface area (Å²) in [6.07, 6.45) is 3.61. The predicted octanol–water partition coefficient (Wildman–Crippen LogP) is 5.05. The molecular weight excluding hydrogens is 418 g/mol. The standard InChI is InChI=1S/C22H22ClN5OS/c1-27(13-19-6-7-20(29-19)17-4-3-5-18(23)12-17)14-21-25-26-22(28(21)2)30-15-16-8-10-24-11-9-16/h3-12H,13-15H2,1-2H3. The molecule has 3 heterocycles. The normalized spacial score (nSPS) is 11.3. The topological polar surface area (TPSA) is 60.0 Å². The minimum Gasteiger partial charge on any atom is -0.460 e. The van der Waals surface area contributed by atoms with Crippen molar-refractivity contribution in [3.63, 3.8) is 0 Å². The second-order valence-corrected chi connectivity index (χ2v) is 8.43. The third kappa shape index (κ3) is 5.11. The molecule has 3 aromatic heterocycles. The van der Waals surface area contributed by atoms with Crippen molar-refractivity contribution in [2.75, 3.05) is 7.05 Å². The number of benzene rings is 1. The van der Waals surface area contributed by atoms with Crippen LogP contribution in [-0.4, -0.2) is 31.7 Å². The first-order valence-electron chi connectivity index (χ1n) is 9.51. The van der Waals surface area contributed by atoms with Gasteiger partial charge < -0.3 is 8.98 Å². The number of halogens is 1. The zero-order valence-corrected chi connectivity index (χ0v) is 18.4. The highest BCUT2D eigenvalue weighted by Crippen LogP contribution is 2.26. The van der Waals surface area contributed by atoms with E-state index in [0.717, 1.165) is 33.8 Å². The van der Waals surface area contributed by atoms with Crippen molar-refractivity contribution < 1.29 is 4.42 Å². The van der Waals surface area contributed by atoms with E-state index in [1.807, 2.05) is 67.2 Å². The summed E-state index contributed by atoms with van der Waals surface area (Å²) < 4.78 is 8.05. The van der Waals surface area contributed by atoms with Crippen LogP contribution in [0.4, 0.5) is 0 Å². The summed E-state index contributed by atoms with van der Waals surface area (Å²) in [6, 6.07) is 15.7. The minimum absolute atomic E-state index is 0.673. The molecule has 0 aliphatic carbocycles. The van der Waals surface area contributed by atoms with Crippen LogP contribution in [0.25, 0.3) is 11.3 Å². The molecule has 154 valence electrons. The molecule has 0 saturated heterocycles. The van der Waals surface area contributed by atoms with Crippen LogP contribution >= 0.6 is 23.4 Å². The second kappa shape index (κ2) is 9.47. The van der Waals surface area contributed by atoms with Crippen LogP contribution in [0.3, 0.4) is 0 Å². The number of aromatic nitrogens is 4. The average Bonchev–Trinajstić information content (AvgIpc) is 3.34. The summed E-state index contributed by atoms with van der Waals surface area (Å²) in [5, 5.41) is 10.3. The molecule has 8 heteroatoms. The maximum atomic E-state index is 6.08. The lowest BCUT2D eigenvalue weighted by Crippen LogP contribution is -2.19. The Morgan fingerprint density at radius 1 is 1.07 bits per heavy atom. The highest BCUT2D eigenvalue weighted by atomic mass is 35.5. The summed E-state index contributed by atoms with van der Waals surface area (Å²) in [7, 11) is 4.04. The molecule has 0 unspecified atom stereocenters.